The fourth-order valence-electron chi connectivity index (χ4n) is 2.36. The number of hydrogen-bond donors (Lipinski definition) is 1. The second kappa shape index (κ2) is 7.96. The molecule has 0 saturated carbocycles. The van der Waals surface area contributed by atoms with Gasteiger partial charge < -0.3 is 5.32 Å². The maximum absolute atomic E-state index is 3.64. The first-order chi connectivity index (χ1) is 8.62. The lowest BCUT2D eigenvalue weighted by molar-refractivity contribution is 0.375. The van der Waals surface area contributed by atoms with Crippen LogP contribution in [0.1, 0.15) is 57.2 Å². The van der Waals surface area contributed by atoms with Gasteiger partial charge in [0, 0.05) is 10.5 Å². The van der Waals surface area contributed by atoms with E-state index in [4.69, 9.17) is 0 Å². The van der Waals surface area contributed by atoms with E-state index < -0.39 is 0 Å². The summed E-state index contributed by atoms with van der Waals surface area (Å²) in [6.45, 7) is 9.93. The van der Waals surface area contributed by atoms with E-state index in [9.17, 15) is 0 Å². The zero-order valence-electron chi connectivity index (χ0n) is 12.1. The summed E-state index contributed by atoms with van der Waals surface area (Å²) >= 11 is 3.64. The molecule has 0 fully saturated rings. The third kappa shape index (κ3) is 4.40. The van der Waals surface area contributed by atoms with Crippen molar-refractivity contribution in [3.8, 4) is 0 Å². The molecule has 0 heterocycles. The van der Waals surface area contributed by atoms with Gasteiger partial charge in [-0.3, -0.25) is 0 Å². The summed E-state index contributed by atoms with van der Waals surface area (Å²) in [6, 6.07) is 7.22. The quantitative estimate of drug-likeness (QED) is 0.726. The number of rotatable bonds is 7. The van der Waals surface area contributed by atoms with Crippen molar-refractivity contribution in [1.82, 2.24) is 5.32 Å². The molecule has 1 N–H and O–H groups in total. The lowest BCUT2D eigenvalue weighted by Crippen LogP contribution is -2.23. The van der Waals surface area contributed by atoms with E-state index in [-0.39, 0.29) is 0 Å². The summed E-state index contributed by atoms with van der Waals surface area (Å²) in [5, 5.41) is 3.62. The average Bonchev–Trinajstić information content (AvgIpc) is 2.38. The van der Waals surface area contributed by atoms with Gasteiger partial charge >= 0.3 is 0 Å². The first kappa shape index (κ1) is 15.7. The van der Waals surface area contributed by atoms with Crippen molar-refractivity contribution in [1.29, 1.82) is 0 Å². The second-order valence-electron chi connectivity index (χ2n) is 5.04. The molecule has 0 aliphatic heterocycles. The van der Waals surface area contributed by atoms with Crippen LogP contribution in [0.3, 0.4) is 0 Å². The predicted molar refractivity (Wildman–Crippen MR) is 84.0 cm³/mol. The number of hydrogen-bond acceptors (Lipinski definition) is 1. The zero-order valence-corrected chi connectivity index (χ0v) is 13.7. The molecular formula is C16H26BrN. The number of halogens is 1. The van der Waals surface area contributed by atoms with E-state index in [1.165, 1.54) is 34.9 Å². The van der Waals surface area contributed by atoms with E-state index in [0.29, 0.717) is 6.04 Å². The standard InChI is InChI=1S/C16H26BrN/c1-5-13(6-2)10-16(18-7-3)14-9-8-12(4)15(17)11-14/h8-9,11,13,16,18H,5-7,10H2,1-4H3. The Morgan fingerprint density at radius 3 is 2.33 bits per heavy atom. The summed E-state index contributed by atoms with van der Waals surface area (Å²) in [5.74, 6) is 0.814. The Balaban J connectivity index is 2.85. The second-order valence-corrected chi connectivity index (χ2v) is 5.89. The van der Waals surface area contributed by atoms with Crippen LogP contribution in [0.15, 0.2) is 22.7 Å². The molecule has 0 radical (unpaired) electrons. The molecule has 1 unspecified atom stereocenters. The number of aryl methyl sites for hydroxylation is 1. The Hall–Kier alpha value is -0.340. The van der Waals surface area contributed by atoms with E-state index in [1.54, 1.807) is 0 Å². The zero-order chi connectivity index (χ0) is 13.5. The van der Waals surface area contributed by atoms with Crippen molar-refractivity contribution >= 4 is 15.9 Å². The summed E-state index contributed by atoms with van der Waals surface area (Å²) in [6.07, 6.45) is 3.77. The Bertz CT molecular complexity index is 358. The molecule has 18 heavy (non-hydrogen) atoms. The fourth-order valence-corrected chi connectivity index (χ4v) is 2.76. The van der Waals surface area contributed by atoms with Crippen molar-refractivity contribution in [3.63, 3.8) is 0 Å². The molecule has 0 saturated heterocycles. The molecule has 1 atom stereocenters. The highest BCUT2D eigenvalue weighted by Crippen LogP contribution is 2.28. The number of nitrogens with one attached hydrogen (secondary N) is 1. The van der Waals surface area contributed by atoms with Gasteiger partial charge in [0.2, 0.25) is 0 Å². The minimum Gasteiger partial charge on any atom is -0.310 e. The maximum Gasteiger partial charge on any atom is 0.0323 e. The van der Waals surface area contributed by atoms with Crippen molar-refractivity contribution in [2.45, 2.75) is 53.0 Å². The van der Waals surface area contributed by atoms with Crippen LogP contribution in [0.5, 0.6) is 0 Å². The van der Waals surface area contributed by atoms with Gasteiger partial charge in [-0.15, -0.1) is 0 Å². The summed E-state index contributed by atoms with van der Waals surface area (Å²) < 4.78 is 1.22. The van der Waals surface area contributed by atoms with Crippen LogP contribution in [0, 0.1) is 12.8 Å². The summed E-state index contributed by atoms with van der Waals surface area (Å²) in [7, 11) is 0. The van der Waals surface area contributed by atoms with Crippen LogP contribution in [0.4, 0.5) is 0 Å². The van der Waals surface area contributed by atoms with Crippen LogP contribution in [0.2, 0.25) is 0 Å². The minimum atomic E-state index is 0.483. The Labute approximate surface area is 120 Å². The molecule has 1 nitrogen and oxygen atoms in total. The molecule has 0 aliphatic carbocycles. The highest BCUT2D eigenvalue weighted by atomic mass is 79.9. The first-order valence-corrected chi connectivity index (χ1v) is 7.91. The van der Waals surface area contributed by atoms with Crippen LogP contribution in [-0.2, 0) is 0 Å². The topological polar surface area (TPSA) is 12.0 Å². The molecule has 102 valence electrons. The Morgan fingerprint density at radius 2 is 1.83 bits per heavy atom. The van der Waals surface area contributed by atoms with Crippen LogP contribution in [0.25, 0.3) is 0 Å². The van der Waals surface area contributed by atoms with Gasteiger partial charge in [0.1, 0.15) is 0 Å². The average molecular weight is 312 g/mol. The molecular weight excluding hydrogens is 286 g/mol. The fraction of sp³-hybridized carbons (Fsp3) is 0.625. The number of benzene rings is 1. The van der Waals surface area contributed by atoms with Crippen molar-refractivity contribution in [3.05, 3.63) is 33.8 Å². The van der Waals surface area contributed by atoms with Crippen LogP contribution >= 0.6 is 15.9 Å². The highest BCUT2D eigenvalue weighted by Gasteiger charge is 2.15. The van der Waals surface area contributed by atoms with E-state index >= 15 is 0 Å². The Kier molecular flexibility index (Phi) is 6.95. The molecule has 2 heteroatoms. The molecule has 0 amide bonds. The van der Waals surface area contributed by atoms with Crippen LogP contribution in [-0.4, -0.2) is 6.54 Å². The van der Waals surface area contributed by atoms with Gasteiger partial charge in [-0.1, -0.05) is 61.7 Å². The van der Waals surface area contributed by atoms with Crippen molar-refractivity contribution in [2.75, 3.05) is 6.54 Å². The SMILES string of the molecule is CCNC(CC(CC)CC)c1ccc(C)c(Br)c1. The van der Waals surface area contributed by atoms with Crippen molar-refractivity contribution < 1.29 is 0 Å². The van der Waals surface area contributed by atoms with Gasteiger partial charge in [-0.25, -0.2) is 0 Å². The molecule has 1 aromatic carbocycles. The smallest absolute Gasteiger partial charge is 0.0323 e. The maximum atomic E-state index is 3.64. The predicted octanol–water partition coefficient (Wildman–Crippen LogP) is 5.23. The highest BCUT2D eigenvalue weighted by molar-refractivity contribution is 9.10. The summed E-state index contributed by atoms with van der Waals surface area (Å²) in [4.78, 5) is 0. The molecule has 0 spiro atoms. The van der Waals surface area contributed by atoms with E-state index in [1.807, 2.05) is 0 Å². The van der Waals surface area contributed by atoms with Gasteiger partial charge in [0.05, 0.1) is 0 Å². The first-order valence-electron chi connectivity index (χ1n) is 7.11. The van der Waals surface area contributed by atoms with Gasteiger partial charge in [0.15, 0.2) is 0 Å². The van der Waals surface area contributed by atoms with Gasteiger partial charge in [-0.05, 0) is 43.0 Å². The monoisotopic (exact) mass is 311 g/mol. The summed E-state index contributed by atoms with van der Waals surface area (Å²) in [5.41, 5.74) is 2.71. The van der Waals surface area contributed by atoms with E-state index in [0.717, 1.165) is 12.5 Å². The molecule has 0 aliphatic rings. The molecule has 1 aromatic rings. The molecule has 0 aromatic heterocycles. The Morgan fingerprint density at radius 1 is 1.17 bits per heavy atom. The largest absolute Gasteiger partial charge is 0.310 e. The van der Waals surface area contributed by atoms with Crippen molar-refractivity contribution in [2.24, 2.45) is 5.92 Å². The molecule has 0 bridgehead atoms. The third-order valence-corrected chi connectivity index (χ3v) is 4.63. The lowest BCUT2D eigenvalue weighted by Gasteiger charge is -2.23. The van der Waals surface area contributed by atoms with Gasteiger partial charge in [-0.2, -0.15) is 0 Å². The van der Waals surface area contributed by atoms with E-state index in [2.05, 4.69) is 67.1 Å². The normalized spacial score (nSPS) is 13.0. The van der Waals surface area contributed by atoms with Crippen LogP contribution < -0.4 is 5.32 Å². The van der Waals surface area contributed by atoms with Gasteiger partial charge in [0.25, 0.3) is 0 Å². The third-order valence-electron chi connectivity index (χ3n) is 3.77. The minimum absolute atomic E-state index is 0.483. The lowest BCUT2D eigenvalue weighted by atomic mass is 9.91. The molecule has 1 rings (SSSR count).